The lowest BCUT2D eigenvalue weighted by Crippen LogP contribution is -2.61. The number of likely N-dealkylation sites (N-methyl/N-ethyl adjacent to an activating group) is 2. The van der Waals surface area contributed by atoms with Gasteiger partial charge in [0.1, 0.15) is 41.8 Å². The van der Waals surface area contributed by atoms with Crippen LogP contribution in [0.25, 0.3) is 0 Å². The lowest BCUT2D eigenvalue weighted by Gasteiger charge is -2.49. The number of esters is 1. The maximum absolute atomic E-state index is 14.5. The van der Waals surface area contributed by atoms with Gasteiger partial charge in [-0.15, -0.1) is 5.10 Å². The highest BCUT2D eigenvalue weighted by Crippen LogP contribution is 2.40. The molecule has 22 heteroatoms. The number of nitro groups is 1. The molecule has 0 spiro atoms. The van der Waals surface area contributed by atoms with Gasteiger partial charge in [-0.3, -0.25) is 24.5 Å². The van der Waals surface area contributed by atoms with Crippen molar-refractivity contribution in [2.24, 2.45) is 17.8 Å². The number of nitrogens with zero attached hydrogens (tertiary/aromatic N) is 6. The maximum atomic E-state index is 14.5. The smallest absolute Gasteiger partial charge is 0.311 e. The number of aryl methyl sites for hydroxylation is 2. The second kappa shape index (κ2) is 24.6. The molecule has 3 fully saturated rings. The van der Waals surface area contributed by atoms with Gasteiger partial charge in [0.05, 0.1) is 58.8 Å². The molecular formula is C50H84N6O16. The summed E-state index contributed by atoms with van der Waals surface area (Å²) in [6, 6.07) is 4.85. The highest BCUT2D eigenvalue weighted by Gasteiger charge is 2.53. The third-order valence-electron chi connectivity index (χ3n) is 15.6. The molecule has 2 unspecified atom stereocenters. The van der Waals surface area contributed by atoms with Gasteiger partial charge in [-0.2, -0.15) is 0 Å². The lowest BCUT2D eigenvalue weighted by atomic mass is 9.77. The van der Waals surface area contributed by atoms with Gasteiger partial charge in [-0.05, 0) is 99.7 Å². The Balaban J connectivity index is 1.42. The highest BCUT2D eigenvalue weighted by molar-refractivity contribution is 5.73. The van der Waals surface area contributed by atoms with Crippen LogP contribution >= 0.6 is 0 Å². The number of carbonyl (C=O) groups excluding carboxylic acids is 1. The van der Waals surface area contributed by atoms with Crippen molar-refractivity contribution in [3.05, 3.63) is 51.8 Å². The number of ether oxygens (including phenoxy) is 6. The van der Waals surface area contributed by atoms with Crippen molar-refractivity contribution in [1.82, 2.24) is 24.8 Å². The van der Waals surface area contributed by atoms with Gasteiger partial charge in [0.25, 0.3) is 5.69 Å². The van der Waals surface area contributed by atoms with E-state index in [0.29, 0.717) is 25.9 Å². The number of benzene rings is 1. The molecule has 0 radical (unpaired) electrons. The van der Waals surface area contributed by atoms with Crippen molar-refractivity contribution in [1.29, 1.82) is 0 Å². The third-order valence-corrected chi connectivity index (χ3v) is 15.6. The molecule has 4 heterocycles. The second-order valence-corrected chi connectivity index (χ2v) is 21.7. The van der Waals surface area contributed by atoms with Crippen LogP contribution in [0, 0.1) is 27.9 Å². The summed E-state index contributed by atoms with van der Waals surface area (Å²) in [4.78, 5) is 28.6. The number of hydrogen-bond acceptors (Lipinski definition) is 20. The van der Waals surface area contributed by atoms with Gasteiger partial charge < -0.3 is 69.1 Å². The number of cyclic esters (lactones) is 1. The molecule has 410 valence electrons. The first kappa shape index (κ1) is 59.5. The average molecular weight is 1030 g/mol. The van der Waals surface area contributed by atoms with Gasteiger partial charge >= 0.3 is 5.97 Å². The number of non-ortho nitro benzene ring substituents is 1. The van der Waals surface area contributed by atoms with E-state index in [0.717, 1.165) is 5.56 Å². The van der Waals surface area contributed by atoms with Crippen LogP contribution in [-0.4, -0.2) is 202 Å². The van der Waals surface area contributed by atoms with Crippen LogP contribution in [0.3, 0.4) is 0 Å². The summed E-state index contributed by atoms with van der Waals surface area (Å²) >= 11 is 0. The quantitative estimate of drug-likeness (QED) is 0.0764. The molecule has 0 bridgehead atoms. The molecule has 22 nitrogen and oxygen atoms in total. The van der Waals surface area contributed by atoms with Crippen LogP contribution in [0.15, 0.2) is 30.5 Å². The first-order valence-corrected chi connectivity index (χ1v) is 25.3. The zero-order valence-electron chi connectivity index (χ0n) is 44.3. The number of rotatable bonds is 15. The molecule has 1 aromatic heterocycles. The zero-order chi connectivity index (χ0) is 53.8. The molecule has 0 aliphatic carbocycles. The average Bonchev–Trinajstić information content (AvgIpc) is 3.80. The van der Waals surface area contributed by atoms with Crippen LogP contribution in [0.4, 0.5) is 5.69 Å². The number of aromatic nitrogens is 3. The van der Waals surface area contributed by atoms with E-state index in [4.69, 9.17) is 28.4 Å². The predicted octanol–water partition coefficient (Wildman–Crippen LogP) is 2.11. The van der Waals surface area contributed by atoms with E-state index in [1.54, 1.807) is 86.5 Å². The minimum atomic E-state index is -1.87. The van der Waals surface area contributed by atoms with Crippen molar-refractivity contribution in [3.63, 3.8) is 0 Å². The number of hydrogen-bond donors (Lipinski definition) is 7. The van der Waals surface area contributed by atoms with E-state index in [2.05, 4.69) is 10.3 Å². The Morgan fingerprint density at radius 1 is 0.986 bits per heavy atom. The predicted molar refractivity (Wildman–Crippen MR) is 261 cm³/mol. The summed E-state index contributed by atoms with van der Waals surface area (Å²) in [5.74, 6) is -3.03. The fraction of sp³-hybridized carbons (Fsp3) is 0.820. The van der Waals surface area contributed by atoms with Gasteiger partial charge in [0, 0.05) is 63.3 Å². The molecule has 7 N–H and O–H groups in total. The Hall–Kier alpha value is -3.33. The van der Waals surface area contributed by atoms with Crippen molar-refractivity contribution >= 4 is 11.7 Å². The van der Waals surface area contributed by atoms with Gasteiger partial charge in [-0.25, -0.2) is 0 Å². The fourth-order valence-corrected chi connectivity index (χ4v) is 11.0. The normalized spacial score (nSPS) is 40.0. The monoisotopic (exact) mass is 1020 g/mol. The lowest BCUT2D eigenvalue weighted by molar-refractivity contribution is -0.384. The molecule has 0 amide bonds. The van der Waals surface area contributed by atoms with Gasteiger partial charge in [0.15, 0.2) is 12.6 Å². The Labute approximate surface area is 423 Å². The van der Waals surface area contributed by atoms with Crippen molar-refractivity contribution < 1.29 is 73.9 Å². The van der Waals surface area contributed by atoms with Crippen LogP contribution in [-0.2, 0) is 46.2 Å². The van der Waals surface area contributed by atoms with Gasteiger partial charge in [-0.1, -0.05) is 38.1 Å². The number of nitro benzene ring substituents is 1. The molecule has 3 aliphatic heterocycles. The number of aliphatic hydroxyl groups is 7. The largest absolute Gasteiger partial charge is 0.459 e. The van der Waals surface area contributed by atoms with E-state index in [1.165, 1.54) is 37.0 Å². The van der Waals surface area contributed by atoms with Crippen LogP contribution in [0.2, 0.25) is 0 Å². The SMILES string of the molecule is CC[C@H]1OC(=O)[C@H](C)[C@@H](O[C@H]2C[C@@](C)(OC)[C@@H](O)[C@H](C)O2)[C@H](C)[C@@H](O[C@@H]2O[C@H](C)C[C@H](N(C)CC(O)C(O)c3cn(CCc4ccc([N+](=O)[O-])cc4)nn3)[C@H]2O)[C@](C)(O)C[C@@H](C)CN(C)[C@H](C)[C@@H](O)[C@]1(C)O. The van der Waals surface area contributed by atoms with Crippen LogP contribution < -0.4 is 0 Å². The Bertz CT molecular complexity index is 2050. The highest BCUT2D eigenvalue weighted by atomic mass is 16.7. The molecule has 1 aromatic carbocycles. The van der Waals surface area contributed by atoms with E-state index in [9.17, 15) is 50.7 Å². The van der Waals surface area contributed by atoms with Gasteiger partial charge in [0.2, 0.25) is 0 Å². The Morgan fingerprint density at radius 3 is 2.25 bits per heavy atom. The minimum absolute atomic E-state index is 0.0170. The molecule has 72 heavy (non-hydrogen) atoms. The summed E-state index contributed by atoms with van der Waals surface area (Å²) in [6.07, 6.45) is -11.1. The van der Waals surface area contributed by atoms with Crippen LogP contribution in [0.1, 0.15) is 112 Å². The topological polar surface area (TPSA) is 294 Å². The molecule has 2 aromatic rings. The number of methoxy groups -OCH3 is 1. The standard InChI is InChI=1S/C50H84N6O16/c1-14-38-50(10,64)43(60)31(6)53(11)24-27(2)22-48(8,63)45(29(4)42(30(5)46(62)70-38)71-39-23-49(9,67-13)44(61)32(7)69-39)72-47-41(59)36(21-28(3)68-47)54(12)26-37(57)40(58)35-25-55(52-51-35)20-19-33-15-17-34(18-16-33)56(65)66/h15-18,25,27-32,36-45,47,57-61,63-64H,14,19-24,26H2,1-13H3/t27-,28-,29+,30-,31-,32+,36+,37?,38-,39+,40?,41-,42+,43-,44+,45-,47+,48-,49-,50-/m1/s1. The summed E-state index contributed by atoms with van der Waals surface area (Å²) in [5.41, 5.74) is -3.75. The first-order valence-electron chi connectivity index (χ1n) is 25.3. The summed E-state index contributed by atoms with van der Waals surface area (Å²) in [5, 5.41) is 101. The fourth-order valence-electron chi connectivity index (χ4n) is 11.0. The molecular weight excluding hydrogens is 941 g/mol. The molecule has 20 atom stereocenters. The Morgan fingerprint density at radius 2 is 1.64 bits per heavy atom. The minimum Gasteiger partial charge on any atom is -0.459 e. The van der Waals surface area contributed by atoms with E-state index in [-0.39, 0.29) is 43.1 Å². The molecule has 0 saturated carbocycles. The summed E-state index contributed by atoms with van der Waals surface area (Å²) in [7, 11) is 4.96. The molecule has 3 saturated heterocycles. The maximum Gasteiger partial charge on any atom is 0.311 e. The van der Waals surface area contributed by atoms with Crippen molar-refractivity contribution in [2.45, 2.75) is 210 Å². The molecule has 5 rings (SSSR count). The Kier molecular flexibility index (Phi) is 20.3. The third kappa shape index (κ3) is 13.9. The van der Waals surface area contributed by atoms with E-state index < -0.39 is 125 Å². The summed E-state index contributed by atoms with van der Waals surface area (Å²) < 4.78 is 39.5. The van der Waals surface area contributed by atoms with E-state index >= 15 is 0 Å². The van der Waals surface area contributed by atoms with Crippen molar-refractivity contribution in [3.8, 4) is 0 Å². The first-order chi connectivity index (χ1) is 33.5. The summed E-state index contributed by atoms with van der Waals surface area (Å²) in [6.45, 7) is 17.7. The second-order valence-electron chi connectivity index (χ2n) is 21.7. The number of carbonyl (C=O) groups is 1. The van der Waals surface area contributed by atoms with Crippen molar-refractivity contribution in [2.75, 3.05) is 34.3 Å². The number of aliphatic hydroxyl groups excluding tert-OH is 5. The van der Waals surface area contributed by atoms with Crippen LogP contribution in [0.5, 0.6) is 0 Å². The zero-order valence-corrected chi connectivity index (χ0v) is 44.3. The van der Waals surface area contributed by atoms with E-state index in [1.807, 2.05) is 11.8 Å². The molecule has 3 aliphatic rings.